The number of Topliss-reactive ketones (excluding diaryl/α,β-unsaturated/α-hetero) is 1. The van der Waals surface area contributed by atoms with Gasteiger partial charge in [0.15, 0.2) is 23.4 Å². The molecule has 37 heavy (non-hydrogen) atoms. The van der Waals surface area contributed by atoms with E-state index in [-0.39, 0.29) is 18.6 Å². The molecule has 8 nitrogen and oxygen atoms in total. The van der Waals surface area contributed by atoms with Gasteiger partial charge in [-0.2, -0.15) is 0 Å². The lowest BCUT2D eigenvalue weighted by Crippen LogP contribution is -2.30. The lowest BCUT2D eigenvalue weighted by atomic mass is 10.1. The van der Waals surface area contributed by atoms with E-state index >= 15 is 0 Å². The standard InChI is InChI=1S/C29H28N2O6/c1-3-31-23-7-5-4-6-21(23)22-17-20(9-10-24(22)31)30-29(34)18(2)37-28(33)13-11-25(32)19-8-12-26-27(16-19)36-15-14-35-26/h4-10,12,16-18H,3,11,13-15H2,1-2H3,(H,30,34). The number of aromatic nitrogens is 1. The Labute approximate surface area is 214 Å². The molecule has 1 aliphatic rings. The number of carbonyl (C=O) groups is 3. The minimum atomic E-state index is -1.01. The number of hydrogen-bond acceptors (Lipinski definition) is 6. The summed E-state index contributed by atoms with van der Waals surface area (Å²) in [7, 11) is 0. The number of nitrogens with one attached hydrogen (secondary N) is 1. The van der Waals surface area contributed by atoms with Gasteiger partial charge in [-0.3, -0.25) is 14.4 Å². The summed E-state index contributed by atoms with van der Waals surface area (Å²) in [6, 6.07) is 18.8. The predicted molar refractivity (Wildman–Crippen MR) is 140 cm³/mol. The van der Waals surface area contributed by atoms with Gasteiger partial charge >= 0.3 is 5.97 Å². The predicted octanol–water partition coefficient (Wildman–Crippen LogP) is 5.12. The first kappa shape index (κ1) is 24.4. The Bertz CT molecular complexity index is 1510. The molecular formula is C29H28N2O6. The second-order valence-corrected chi connectivity index (χ2v) is 8.90. The largest absolute Gasteiger partial charge is 0.486 e. The van der Waals surface area contributed by atoms with Crippen LogP contribution >= 0.6 is 0 Å². The average molecular weight is 501 g/mol. The van der Waals surface area contributed by atoms with Crippen molar-refractivity contribution in [3.8, 4) is 11.5 Å². The molecule has 2 heterocycles. The molecule has 1 unspecified atom stereocenters. The van der Waals surface area contributed by atoms with Crippen LogP contribution in [0.2, 0.25) is 0 Å². The van der Waals surface area contributed by atoms with Crippen LogP contribution in [0, 0.1) is 0 Å². The zero-order chi connectivity index (χ0) is 25.9. The first-order valence-electron chi connectivity index (χ1n) is 12.4. The number of ketones is 1. The molecule has 1 N–H and O–H groups in total. The molecular weight excluding hydrogens is 472 g/mol. The van der Waals surface area contributed by atoms with E-state index in [1.807, 2.05) is 30.3 Å². The van der Waals surface area contributed by atoms with Crippen LogP contribution < -0.4 is 14.8 Å². The average Bonchev–Trinajstić information content (AvgIpc) is 3.24. The molecule has 0 fully saturated rings. The van der Waals surface area contributed by atoms with Gasteiger partial charge in [-0.25, -0.2) is 0 Å². The van der Waals surface area contributed by atoms with E-state index in [2.05, 4.69) is 28.9 Å². The monoisotopic (exact) mass is 500 g/mol. The van der Waals surface area contributed by atoms with Crippen LogP contribution in [0.3, 0.4) is 0 Å². The highest BCUT2D eigenvalue weighted by Gasteiger charge is 2.21. The molecule has 0 saturated carbocycles. The lowest BCUT2D eigenvalue weighted by Gasteiger charge is -2.18. The fraction of sp³-hybridized carbons (Fsp3) is 0.276. The lowest BCUT2D eigenvalue weighted by molar-refractivity contribution is -0.153. The molecule has 5 rings (SSSR count). The number of para-hydroxylation sites is 1. The van der Waals surface area contributed by atoms with E-state index in [0.29, 0.717) is 36.0 Å². The highest BCUT2D eigenvalue weighted by Crippen LogP contribution is 2.32. The molecule has 0 bridgehead atoms. The molecule has 1 atom stereocenters. The Morgan fingerprint density at radius 2 is 1.68 bits per heavy atom. The second kappa shape index (κ2) is 10.3. The van der Waals surface area contributed by atoms with Crippen molar-refractivity contribution >= 4 is 45.2 Å². The van der Waals surface area contributed by atoms with Gasteiger partial charge in [-0.15, -0.1) is 0 Å². The van der Waals surface area contributed by atoms with Crippen LogP contribution in [0.1, 0.15) is 37.0 Å². The molecule has 0 saturated heterocycles. The summed E-state index contributed by atoms with van der Waals surface area (Å²) in [5.41, 5.74) is 3.27. The number of esters is 1. The third-order valence-corrected chi connectivity index (χ3v) is 6.45. The molecule has 1 aliphatic heterocycles. The summed E-state index contributed by atoms with van der Waals surface area (Å²) < 4.78 is 18.5. The molecule has 190 valence electrons. The van der Waals surface area contributed by atoms with Gasteiger partial charge in [0.05, 0.1) is 6.42 Å². The van der Waals surface area contributed by atoms with Gasteiger partial charge in [0, 0.05) is 46.0 Å². The van der Waals surface area contributed by atoms with Crippen LogP contribution in [-0.4, -0.2) is 41.5 Å². The maximum Gasteiger partial charge on any atom is 0.307 e. The summed E-state index contributed by atoms with van der Waals surface area (Å²) in [6.45, 7) is 5.33. The molecule has 0 aliphatic carbocycles. The second-order valence-electron chi connectivity index (χ2n) is 8.90. The quantitative estimate of drug-likeness (QED) is 0.267. The zero-order valence-electron chi connectivity index (χ0n) is 20.8. The highest BCUT2D eigenvalue weighted by molar-refractivity contribution is 6.10. The van der Waals surface area contributed by atoms with Gasteiger partial charge in [-0.1, -0.05) is 18.2 Å². The first-order chi connectivity index (χ1) is 17.9. The van der Waals surface area contributed by atoms with Crippen LogP contribution in [0.5, 0.6) is 11.5 Å². The van der Waals surface area contributed by atoms with Crippen molar-refractivity contribution in [1.82, 2.24) is 4.57 Å². The zero-order valence-corrected chi connectivity index (χ0v) is 20.8. The van der Waals surface area contributed by atoms with E-state index in [4.69, 9.17) is 14.2 Å². The highest BCUT2D eigenvalue weighted by atomic mass is 16.6. The molecule has 0 spiro atoms. The number of rotatable bonds is 8. The molecule has 1 aromatic heterocycles. The van der Waals surface area contributed by atoms with Crippen molar-refractivity contribution < 1.29 is 28.6 Å². The van der Waals surface area contributed by atoms with Gasteiger partial charge in [-0.05, 0) is 56.3 Å². The topological polar surface area (TPSA) is 95.9 Å². The number of hydrogen-bond donors (Lipinski definition) is 1. The fourth-order valence-electron chi connectivity index (χ4n) is 4.60. The molecule has 4 aromatic rings. The first-order valence-corrected chi connectivity index (χ1v) is 12.4. The third-order valence-electron chi connectivity index (χ3n) is 6.45. The fourth-order valence-corrected chi connectivity index (χ4v) is 4.60. The molecule has 0 radical (unpaired) electrons. The Balaban J connectivity index is 1.18. The van der Waals surface area contributed by atoms with Gasteiger partial charge < -0.3 is 24.1 Å². The Hall–Kier alpha value is -4.33. The van der Waals surface area contributed by atoms with E-state index in [9.17, 15) is 14.4 Å². The number of anilines is 1. The number of nitrogens with zero attached hydrogens (tertiary/aromatic N) is 1. The summed E-state index contributed by atoms with van der Waals surface area (Å²) >= 11 is 0. The molecule has 8 heteroatoms. The summed E-state index contributed by atoms with van der Waals surface area (Å²) in [6.07, 6.45) is -1.18. The van der Waals surface area contributed by atoms with Crippen LogP contribution in [-0.2, 0) is 20.9 Å². The van der Waals surface area contributed by atoms with Gasteiger partial charge in [0.25, 0.3) is 5.91 Å². The minimum absolute atomic E-state index is 0.0367. The Kier molecular flexibility index (Phi) is 6.81. The number of amides is 1. The van der Waals surface area contributed by atoms with E-state index in [1.165, 1.54) is 6.92 Å². The third kappa shape index (κ3) is 5.00. The van der Waals surface area contributed by atoms with Crippen molar-refractivity contribution in [2.24, 2.45) is 0 Å². The van der Waals surface area contributed by atoms with Crippen LogP contribution in [0.15, 0.2) is 60.7 Å². The van der Waals surface area contributed by atoms with Crippen molar-refractivity contribution in [3.63, 3.8) is 0 Å². The smallest absolute Gasteiger partial charge is 0.307 e. The maximum absolute atomic E-state index is 12.7. The summed E-state index contributed by atoms with van der Waals surface area (Å²) in [4.78, 5) is 37.6. The number of benzene rings is 3. The van der Waals surface area contributed by atoms with Crippen LogP contribution in [0.25, 0.3) is 21.8 Å². The normalized spacial score (nSPS) is 13.4. The maximum atomic E-state index is 12.7. The van der Waals surface area contributed by atoms with Gasteiger partial charge in [0.1, 0.15) is 13.2 Å². The summed E-state index contributed by atoms with van der Waals surface area (Å²) in [5.74, 6) is -0.162. The SMILES string of the molecule is CCn1c2ccccc2c2cc(NC(=O)C(C)OC(=O)CCC(=O)c3ccc4c(c3)OCCO4)ccc21. The minimum Gasteiger partial charge on any atom is -0.486 e. The number of ether oxygens (including phenoxy) is 3. The van der Waals surface area contributed by atoms with E-state index < -0.39 is 18.0 Å². The number of fused-ring (bicyclic) bond motifs is 4. The summed E-state index contributed by atoms with van der Waals surface area (Å²) in [5, 5.41) is 4.98. The Morgan fingerprint density at radius 3 is 2.49 bits per heavy atom. The Morgan fingerprint density at radius 1 is 0.919 bits per heavy atom. The van der Waals surface area contributed by atoms with Gasteiger partial charge in [0.2, 0.25) is 0 Å². The van der Waals surface area contributed by atoms with Crippen molar-refractivity contribution in [3.05, 3.63) is 66.2 Å². The van der Waals surface area contributed by atoms with Crippen molar-refractivity contribution in [2.75, 3.05) is 18.5 Å². The molecule has 3 aromatic carbocycles. The van der Waals surface area contributed by atoms with E-state index in [0.717, 1.165) is 28.4 Å². The van der Waals surface area contributed by atoms with Crippen molar-refractivity contribution in [1.29, 1.82) is 0 Å². The van der Waals surface area contributed by atoms with E-state index in [1.54, 1.807) is 18.2 Å². The number of carbonyl (C=O) groups excluding carboxylic acids is 3. The molecule has 1 amide bonds. The number of aryl methyl sites for hydroxylation is 1. The van der Waals surface area contributed by atoms with Crippen molar-refractivity contribution in [2.45, 2.75) is 39.3 Å². The van der Waals surface area contributed by atoms with Crippen LogP contribution in [0.4, 0.5) is 5.69 Å².